The SMILES string of the molecule is COCCNc1ccc(NC(=O)C2CCCCC2)nn1. The van der Waals surface area contributed by atoms with Crippen molar-refractivity contribution < 1.29 is 9.53 Å². The molecule has 1 saturated carbocycles. The fourth-order valence-electron chi connectivity index (χ4n) is 2.37. The Hall–Kier alpha value is -1.69. The van der Waals surface area contributed by atoms with E-state index in [1.165, 1.54) is 6.42 Å². The van der Waals surface area contributed by atoms with Crippen molar-refractivity contribution in [2.75, 3.05) is 30.9 Å². The van der Waals surface area contributed by atoms with E-state index in [9.17, 15) is 4.79 Å². The lowest BCUT2D eigenvalue weighted by Gasteiger charge is -2.20. The molecule has 1 aromatic rings. The van der Waals surface area contributed by atoms with Gasteiger partial charge in [0, 0.05) is 19.6 Å². The summed E-state index contributed by atoms with van der Waals surface area (Å²) < 4.78 is 4.94. The average Bonchev–Trinajstić information content (AvgIpc) is 2.50. The number of rotatable bonds is 6. The lowest BCUT2D eigenvalue weighted by atomic mass is 9.89. The zero-order valence-corrected chi connectivity index (χ0v) is 11.9. The number of nitrogens with zero attached hydrogens (tertiary/aromatic N) is 2. The van der Waals surface area contributed by atoms with Crippen LogP contribution in [0.15, 0.2) is 12.1 Å². The predicted molar refractivity (Wildman–Crippen MR) is 77.6 cm³/mol. The molecular weight excluding hydrogens is 256 g/mol. The molecule has 0 aromatic carbocycles. The first-order valence-electron chi connectivity index (χ1n) is 7.17. The van der Waals surface area contributed by atoms with Crippen LogP contribution in [0.25, 0.3) is 0 Å². The molecule has 1 aromatic heterocycles. The van der Waals surface area contributed by atoms with Gasteiger partial charge in [-0.15, -0.1) is 10.2 Å². The normalized spacial score (nSPS) is 15.8. The molecule has 0 atom stereocenters. The zero-order valence-electron chi connectivity index (χ0n) is 11.9. The number of hydrogen-bond donors (Lipinski definition) is 2. The van der Waals surface area contributed by atoms with Crippen LogP contribution in [0.3, 0.4) is 0 Å². The third-order valence-electron chi connectivity index (χ3n) is 3.50. The first-order valence-corrected chi connectivity index (χ1v) is 7.17. The second-order valence-electron chi connectivity index (χ2n) is 5.05. The third kappa shape index (κ3) is 4.45. The van der Waals surface area contributed by atoms with E-state index in [1.807, 2.05) is 0 Å². The highest BCUT2D eigenvalue weighted by Gasteiger charge is 2.21. The van der Waals surface area contributed by atoms with Gasteiger partial charge in [0.2, 0.25) is 5.91 Å². The Morgan fingerprint density at radius 1 is 1.25 bits per heavy atom. The van der Waals surface area contributed by atoms with Gasteiger partial charge in [0.05, 0.1) is 6.61 Å². The van der Waals surface area contributed by atoms with E-state index in [-0.39, 0.29) is 11.8 Å². The Bertz CT molecular complexity index is 416. The van der Waals surface area contributed by atoms with Crippen molar-refractivity contribution in [1.29, 1.82) is 0 Å². The van der Waals surface area contributed by atoms with Gasteiger partial charge in [0.15, 0.2) is 5.82 Å². The van der Waals surface area contributed by atoms with Crippen molar-refractivity contribution in [1.82, 2.24) is 10.2 Å². The molecule has 0 aliphatic heterocycles. The quantitative estimate of drug-likeness (QED) is 0.779. The minimum atomic E-state index is 0.0686. The van der Waals surface area contributed by atoms with Gasteiger partial charge in [0.1, 0.15) is 5.82 Å². The van der Waals surface area contributed by atoms with Crippen LogP contribution in [0.1, 0.15) is 32.1 Å². The summed E-state index contributed by atoms with van der Waals surface area (Å²) in [7, 11) is 1.65. The number of ether oxygens (including phenoxy) is 1. The van der Waals surface area contributed by atoms with Gasteiger partial charge in [-0.25, -0.2) is 0 Å². The van der Waals surface area contributed by atoms with E-state index in [1.54, 1.807) is 19.2 Å². The molecule has 0 unspecified atom stereocenters. The average molecular weight is 278 g/mol. The number of carbonyl (C=O) groups excluding carboxylic acids is 1. The van der Waals surface area contributed by atoms with Crippen molar-refractivity contribution in [2.45, 2.75) is 32.1 Å². The van der Waals surface area contributed by atoms with Crippen molar-refractivity contribution >= 4 is 17.5 Å². The minimum Gasteiger partial charge on any atom is -0.383 e. The van der Waals surface area contributed by atoms with Gasteiger partial charge in [-0.2, -0.15) is 0 Å². The van der Waals surface area contributed by atoms with Crippen LogP contribution in [0, 0.1) is 5.92 Å². The molecule has 0 bridgehead atoms. The number of amides is 1. The molecule has 1 aliphatic rings. The smallest absolute Gasteiger partial charge is 0.228 e. The number of anilines is 2. The van der Waals surface area contributed by atoms with Crippen LogP contribution in [0.2, 0.25) is 0 Å². The van der Waals surface area contributed by atoms with E-state index < -0.39 is 0 Å². The van der Waals surface area contributed by atoms with Crippen LogP contribution in [0.5, 0.6) is 0 Å². The number of nitrogens with one attached hydrogen (secondary N) is 2. The summed E-state index contributed by atoms with van der Waals surface area (Å²) in [4.78, 5) is 12.1. The Morgan fingerprint density at radius 2 is 1.95 bits per heavy atom. The van der Waals surface area contributed by atoms with Crippen molar-refractivity contribution in [2.24, 2.45) is 5.92 Å². The van der Waals surface area contributed by atoms with E-state index in [0.717, 1.165) is 25.7 Å². The molecule has 20 heavy (non-hydrogen) atoms. The molecule has 1 fully saturated rings. The first kappa shape index (κ1) is 14.7. The molecule has 2 N–H and O–H groups in total. The lowest BCUT2D eigenvalue weighted by molar-refractivity contribution is -0.120. The van der Waals surface area contributed by atoms with Crippen molar-refractivity contribution in [3.05, 3.63) is 12.1 Å². The number of aromatic nitrogens is 2. The second-order valence-corrected chi connectivity index (χ2v) is 5.05. The summed E-state index contributed by atoms with van der Waals surface area (Å²) in [6.07, 6.45) is 5.50. The highest BCUT2D eigenvalue weighted by molar-refractivity contribution is 5.91. The lowest BCUT2D eigenvalue weighted by Crippen LogP contribution is -2.25. The fourth-order valence-corrected chi connectivity index (χ4v) is 2.37. The van der Waals surface area contributed by atoms with Crippen molar-refractivity contribution in [3.63, 3.8) is 0 Å². The highest BCUT2D eigenvalue weighted by atomic mass is 16.5. The number of carbonyl (C=O) groups is 1. The van der Waals surface area contributed by atoms with E-state index in [0.29, 0.717) is 24.8 Å². The van der Waals surface area contributed by atoms with Crippen molar-refractivity contribution in [3.8, 4) is 0 Å². The molecule has 6 heteroatoms. The zero-order chi connectivity index (χ0) is 14.2. The predicted octanol–water partition coefficient (Wildman–Crippen LogP) is 2.05. The molecule has 6 nitrogen and oxygen atoms in total. The summed E-state index contributed by atoms with van der Waals surface area (Å²) in [5.41, 5.74) is 0. The second kappa shape index (κ2) is 7.79. The summed E-state index contributed by atoms with van der Waals surface area (Å²) in [5.74, 6) is 1.39. The third-order valence-corrected chi connectivity index (χ3v) is 3.50. The highest BCUT2D eigenvalue weighted by Crippen LogP contribution is 2.24. The maximum absolute atomic E-state index is 12.1. The maximum atomic E-state index is 12.1. The monoisotopic (exact) mass is 278 g/mol. The summed E-state index contributed by atoms with van der Waals surface area (Å²) in [6.45, 7) is 1.29. The van der Waals surface area contributed by atoms with Gasteiger partial charge in [-0.05, 0) is 25.0 Å². The largest absolute Gasteiger partial charge is 0.383 e. The van der Waals surface area contributed by atoms with Crippen LogP contribution >= 0.6 is 0 Å². The molecule has 1 aliphatic carbocycles. The van der Waals surface area contributed by atoms with Crippen LogP contribution in [-0.4, -0.2) is 36.4 Å². The topological polar surface area (TPSA) is 76.1 Å². The molecule has 0 radical (unpaired) electrons. The summed E-state index contributed by atoms with van der Waals surface area (Å²) in [6, 6.07) is 3.57. The fraction of sp³-hybridized carbons (Fsp3) is 0.643. The summed E-state index contributed by atoms with van der Waals surface area (Å²) in [5, 5.41) is 13.9. The van der Waals surface area contributed by atoms with Gasteiger partial charge in [-0.1, -0.05) is 19.3 Å². The molecule has 1 amide bonds. The molecule has 1 heterocycles. The Balaban J connectivity index is 1.81. The number of methoxy groups -OCH3 is 1. The van der Waals surface area contributed by atoms with Crippen LogP contribution in [0.4, 0.5) is 11.6 Å². The van der Waals surface area contributed by atoms with Gasteiger partial charge < -0.3 is 15.4 Å². The van der Waals surface area contributed by atoms with Gasteiger partial charge in [-0.3, -0.25) is 4.79 Å². The maximum Gasteiger partial charge on any atom is 0.228 e. The standard InChI is InChI=1S/C14H22N4O2/c1-20-10-9-15-12-7-8-13(18-17-12)16-14(19)11-5-3-2-4-6-11/h7-8,11H,2-6,9-10H2,1H3,(H,15,17)(H,16,18,19). The van der Waals surface area contributed by atoms with Crippen LogP contribution in [-0.2, 0) is 9.53 Å². The Kier molecular flexibility index (Phi) is 5.73. The molecule has 2 rings (SSSR count). The van der Waals surface area contributed by atoms with Gasteiger partial charge in [0.25, 0.3) is 0 Å². The van der Waals surface area contributed by atoms with Gasteiger partial charge >= 0.3 is 0 Å². The van der Waals surface area contributed by atoms with E-state index in [2.05, 4.69) is 20.8 Å². The molecule has 0 spiro atoms. The van der Waals surface area contributed by atoms with Crippen LogP contribution < -0.4 is 10.6 Å². The Morgan fingerprint density at radius 3 is 2.60 bits per heavy atom. The Labute approximate surface area is 119 Å². The molecule has 0 saturated heterocycles. The molecule has 110 valence electrons. The van der Waals surface area contributed by atoms with E-state index >= 15 is 0 Å². The summed E-state index contributed by atoms with van der Waals surface area (Å²) >= 11 is 0. The number of hydrogen-bond acceptors (Lipinski definition) is 5. The molecular formula is C14H22N4O2. The minimum absolute atomic E-state index is 0.0686. The first-order chi connectivity index (χ1) is 9.79. The van der Waals surface area contributed by atoms with E-state index in [4.69, 9.17) is 4.74 Å².